The molecular formula is C14H22Cl2N2O. The number of allylic oxidation sites excluding steroid dienone is 1. The second-order valence-corrected chi connectivity index (χ2v) is 4.95. The van der Waals surface area contributed by atoms with Crippen LogP contribution in [0, 0.1) is 0 Å². The van der Waals surface area contributed by atoms with Crippen molar-refractivity contribution in [2.75, 3.05) is 19.7 Å². The van der Waals surface area contributed by atoms with Gasteiger partial charge < -0.3 is 15.8 Å². The normalized spacial score (nSPS) is 20.9. The van der Waals surface area contributed by atoms with Crippen LogP contribution in [-0.4, -0.2) is 25.3 Å². The maximum Gasteiger partial charge on any atom is 0.108 e. The predicted octanol–water partition coefficient (Wildman–Crippen LogP) is 3.28. The van der Waals surface area contributed by atoms with E-state index in [4.69, 9.17) is 33.7 Å². The van der Waals surface area contributed by atoms with Gasteiger partial charge in [-0.05, 0) is 19.1 Å². The van der Waals surface area contributed by atoms with Gasteiger partial charge in [-0.2, -0.15) is 0 Å². The molecule has 0 aromatic rings. The zero-order valence-corrected chi connectivity index (χ0v) is 12.8. The highest BCUT2D eigenvalue weighted by molar-refractivity contribution is 6.55. The van der Waals surface area contributed by atoms with Gasteiger partial charge in [-0.25, -0.2) is 0 Å². The minimum Gasteiger partial charge on any atom is -0.384 e. The molecule has 3 nitrogen and oxygen atoms in total. The van der Waals surface area contributed by atoms with Gasteiger partial charge in [0.25, 0.3) is 0 Å². The molecule has 1 atom stereocenters. The minimum atomic E-state index is -0.317. The molecule has 0 aromatic carbocycles. The van der Waals surface area contributed by atoms with Gasteiger partial charge in [0, 0.05) is 31.8 Å². The van der Waals surface area contributed by atoms with Crippen molar-refractivity contribution in [2.24, 2.45) is 5.73 Å². The number of ether oxygens (including phenoxy) is 1. The first-order valence-electron chi connectivity index (χ1n) is 6.10. The molecule has 1 aliphatic rings. The summed E-state index contributed by atoms with van der Waals surface area (Å²) in [5.41, 5.74) is 6.21. The molecule has 1 rings (SSSR count). The molecule has 0 aliphatic heterocycles. The van der Waals surface area contributed by atoms with E-state index in [0.717, 1.165) is 18.7 Å². The lowest BCUT2D eigenvalue weighted by Gasteiger charge is -2.28. The van der Waals surface area contributed by atoms with E-state index in [2.05, 4.69) is 24.6 Å². The van der Waals surface area contributed by atoms with Crippen molar-refractivity contribution in [3.05, 3.63) is 47.7 Å². The van der Waals surface area contributed by atoms with Crippen molar-refractivity contribution in [1.82, 2.24) is 5.32 Å². The topological polar surface area (TPSA) is 47.3 Å². The van der Waals surface area contributed by atoms with Crippen molar-refractivity contribution in [2.45, 2.75) is 18.9 Å². The van der Waals surface area contributed by atoms with Gasteiger partial charge >= 0.3 is 0 Å². The Morgan fingerprint density at radius 1 is 1.63 bits per heavy atom. The summed E-state index contributed by atoms with van der Waals surface area (Å²) in [6, 6.07) is 0. The van der Waals surface area contributed by atoms with Crippen molar-refractivity contribution in [1.29, 1.82) is 0 Å². The van der Waals surface area contributed by atoms with E-state index in [1.165, 1.54) is 0 Å². The van der Waals surface area contributed by atoms with Crippen LogP contribution in [0.2, 0.25) is 0 Å². The molecule has 5 heteroatoms. The van der Waals surface area contributed by atoms with Gasteiger partial charge in [0.2, 0.25) is 0 Å². The quantitative estimate of drug-likeness (QED) is 0.740. The van der Waals surface area contributed by atoms with Crippen LogP contribution in [0.15, 0.2) is 47.7 Å². The summed E-state index contributed by atoms with van der Waals surface area (Å²) in [4.78, 5) is 0. The first-order valence-corrected chi connectivity index (χ1v) is 6.86. The summed E-state index contributed by atoms with van der Waals surface area (Å²) in [5, 5.41) is 3.23. The molecule has 0 heterocycles. The summed E-state index contributed by atoms with van der Waals surface area (Å²) < 4.78 is 5.78. The van der Waals surface area contributed by atoms with Crippen LogP contribution in [0.5, 0.6) is 0 Å². The third-order valence-corrected chi connectivity index (χ3v) is 2.42. The minimum absolute atomic E-state index is 0.111. The van der Waals surface area contributed by atoms with Gasteiger partial charge in [0.1, 0.15) is 5.60 Å². The second kappa shape index (κ2) is 10.1. The fraction of sp³-hybridized carbons (Fsp3) is 0.429. The molecule has 3 N–H and O–H groups in total. The Kier molecular flexibility index (Phi) is 9.70. The number of nitrogens with one attached hydrogen (secondary N) is 1. The first-order chi connectivity index (χ1) is 8.99. The summed E-state index contributed by atoms with van der Waals surface area (Å²) in [6.45, 7) is 11.0. The Morgan fingerprint density at radius 2 is 2.26 bits per heavy atom. The number of hydrogen-bond donors (Lipinski definition) is 2. The Balaban J connectivity index is 0.000000711. The van der Waals surface area contributed by atoms with Crippen LogP contribution in [0.3, 0.4) is 0 Å². The number of rotatable bonds is 6. The zero-order chi connectivity index (χ0) is 14.7. The Hall–Kier alpha value is -0.740. The SMILES string of the molecule is C=C(Cl)Cl.C=CC1(OCC)C=CC(NCCN)=CC1. The summed E-state index contributed by atoms with van der Waals surface area (Å²) in [7, 11) is 0. The van der Waals surface area contributed by atoms with Gasteiger partial charge in [-0.3, -0.25) is 0 Å². The Morgan fingerprint density at radius 3 is 2.63 bits per heavy atom. The van der Waals surface area contributed by atoms with Gasteiger partial charge in [-0.1, -0.05) is 48.5 Å². The average molecular weight is 305 g/mol. The van der Waals surface area contributed by atoms with Gasteiger partial charge in [0.05, 0.1) is 4.49 Å². The Labute approximate surface area is 125 Å². The zero-order valence-electron chi connectivity index (χ0n) is 11.3. The molecule has 0 fully saturated rings. The second-order valence-electron chi connectivity index (χ2n) is 3.84. The molecule has 1 aliphatic carbocycles. The average Bonchev–Trinajstić information content (AvgIpc) is 2.38. The predicted molar refractivity (Wildman–Crippen MR) is 84.3 cm³/mol. The highest BCUT2D eigenvalue weighted by atomic mass is 35.5. The van der Waals surface area contributed by atoms with Crippen molar-refractivity contribution < 1.29 is 4.74 Å². The maximum atomic E-state index is 5.67. The van der Waals surface area contributed by atoms with E-state index in [1.54, 1.807) is 0 Å². The Bertz CT molecular complexity index is 349. The molecule has 0 aromatic heterocycles. The highest BCUT2D eigenvalue weighted by Gasteiger charge is 2.24. The van der Waals surface area contributed by atoms with E-state index < -0.39 is 0 Å². The third-order valence-electron chi connectivity index (χ3n) is 2.42. The number of halogens is 2. The lowest BCUT2D eigenvalue weighted by molar-refractivity contribution is 0.0379. The van der Waals surface area contributed by atoms with Crippen LogP contribution in [0.4, 0.5) is 0 Å². The molecule has 0 spiro atoms. The smallest absolute Gasteiger partial charge is 0.108 e. The molecular weight excluding hydrogens is 283 g/mol. The lowest BCUT2D eigenvalue weighted by atomic mass is 9.94. The van der Waals surface area contributed by atoms with Crippen molar-refractivity contribution in [3.63, 3.8) is 0 Å². The largest absolute Gasteiger partial charge is 0.384 e. The molecule has 0 saturated carbocycles. The molecule has 0 saturated heterocycles. The molecule has 1 unspecified atom stereocenters. The van der Waals surface area contributed by atoms with Crippen molar-refractivity contribution in [3.8, 4) is 0 Å². The van der Waals surface area contributed by atoms with Crippen LogP contribution in [0.1, 0.15) is 13.3 Å². The third kappa shape index (κ3) is 8.11. The van der Waals surface area contributed by atoms with E-state index in [9.17, 15) is 0 Å². The number of hydrogen-bond acceptors (Lipinski definition) is 3. The monoisotopic (exact) mass is 304 g/mol. The van der Waals surface area contributed by atoms with Crippen LogP contribution in [-0.2, 0) is 4.74 Å². The van der Waals surface area contributed by atoms with E-state index >= 15 is 0 Å². The lowest BCUT2D eigenvalue weighted by Crippen LogP contribution is -2.30. The molecule has 0 radical (unpaired) electrons. The van der Waals surface area contributed by atoms with Crippen LogP contribution >= 0.6 is 23.2 Å². The van der Waals surface area contributed by atoms with E-state index in [-0.39, 0.29) is 10.1 Å². The van der Waals surface area contributed by atoms with E-state index in [1.807, 2.05) is 25.2 Å². The number of nitrogens with two attached hydrogens (primary N) is 1. The van der Waals surface area contributed by atoms with Crippen molar-refractivity contribution >= 4 is 23.2 Å². The molecule has 0 bridgehead atoms. The fourth-order valence-electron chi connectivity index (χ4n) is 1.57. The summed E-state index contributed by atoms with van der Waals surface area (Å²) in [5.74, 6) is 0. The van der Waals surface area contributed by atoms with Gasteiger partial charge in [0.15, 0.2) is 0 Å². The molecule has 108 valence electrons. The van der Waals surface area contributed by atoms with E-state index in [0.29, 0.717) is 13.2 Å². The standard InChI is InChI=1S/C12H20N2O.C2H2Cl2/c1-3-12(15-4-2)7-5-11(6-8-12)14-10-9-13;1-2(3)4/h3,5-7,14H,1,4,8-10,13H2,2H3;1H2. The summed E-state index contributed by atoms with van der Waals surface area (Å²) >= 11 is 9.69. The molecule has 19 heavy (non-hydrogen) atoms. The fourth-order valence-corrected chi connectivity index (χ4v) is 1.57. The summed E-state index contributed by atoms with van der Waals surface area (Å²) in [6.07, 6.45) is 8.86. The maximum absolute atomic E-state index is 5.67. The first kappa shape index (κ1) is 18.3. The van der Waals surface area contributed by atoms with Crippen LogP contribution < -0.4 is 11.1 Å². The van der Waals surface area contributed by atoms with Crippen LogP contribution in [0.25, 0.3) is 0 Å². The van der Waals surface area contributed by atoms with Gasteiger partial charge in [-0.15, -0.1) is 0 Å². The molecule has 0 amide bonds. The highest BCUT2D eigenvalue weighted by Crippen LogP contribution is 2.25.